The van der Waals surface area contributed by atoms with Gasteiger partial charge in [0.15, 0.2) is 0 Å². The monoisotopic (exact) mass is 332 g/mol. The van der Waals surface area contributed by atoms with E-state index in [4.69, 9.17) is 0 Å². The molecule has 0 unspecified atom stereocenters. The first-order valence-electron chi connectivity index (χ1n) is 9.13. The Morgan fingerprint density at radius 3 is 2.29 bits per heavy atom. The van der Waals surface area contributed by atoms with Crippen molar-refractivity contribution in [2.45, 2.75) is 58.8 Å². The third kappa shape index (κ3) is 3.94. The summed E-state index contributed by atoms with van der Waals surface area (Å²) in [4.78, 5) is 2.07. The van der Waals surface area contributed by atoms with E-state index in [-0.39, 0.29) is 5.82 Å². The molecule has 0 bridgehead atoms. The highest BCUT2D eigenvalue weighted by molar-refractivity contribution is 5.57. The average molecular weight is 332 g/mol. The molecule has 24 heavy (non-hydrogen) atoms. The van der Waals surface area contributed by atoms with E-state index in [1.807, 2.05) is 20.9 Å². The van der Waals surface area contributed by atoms with Gasteiger partial charge < -0.3 is 4.90 Å². The Labute approximate surface area is 144 Å². The first-order chi connectivity index (χ1) is 11.7. The summed E-state index contributed by atoms with van der Waals surface area (Å²) >= 11 is 0. The van der Waals surface area contributed by atoms with Crippen LogP contribution in [0.5, 0.6) is 0 Å². The number of benzene rings is 1. The van der Waals surface area contributed by atoms with Gasteiger partial charge in [-0.2, -0.15) is 0 Å². The number of hydrogen-bond donors (Lipinski definition) is 0. The van der Waals surface area contributed by atoms with Crippen molar-refractivity contribution in [2.24, 2.45) is 7.05 Å². The molecular weight excluding hydrogens is 303 g/mol. The SMILES string of the molecule is CC.CCN(c1ccc(F)cc1)c1nnc(C2CCCCC2)n1C. The number of hydrogen-bond acceptors (Lipinski definition) is 3. The zero-order valence-electron chi connectivity index (χ0n) is 15.3. The van der Waals surface area contributed by atoms with Gasteiger partial charge in [0, 0.05) is 25.2 Å². The van der Waals surface area contributed by atoms with Crippen molar-refractivity contribution < 1.29 is 4.39 Å². The molecule has 0 amide bonds. The predicted octanol–water partition coefficient (Wildman–Crippen LogP) is 5.19. The van der Waals surface area contributed by atoms with Crippen LogP contribution < -0.4 is 4.90 Å². The van der Waals surface area contributed by atoms with Gasteiger partial charge in [0.05, 0.1) is 0 Å². The molecular formula is C19H29FN4. The van der Waals surface area contributed by atoms with Crippen LogP contribution in [0.3, 0.4) is 0 Å². The molecule has 0 N–H and O–H groups in total. The Morgan fingerprint density at radius 2 is 1.71 bits per heavy atom. The van der Waals surface area contributed by atoms with Crippen molar-refractivity contribution in [3.05, 3.63) is 35.9 Å². The second-order valence-corrected chi connectivity index (χ2v) is 5.97. The van der Waals surface area contributed by atoms with Crippen LogP contribution in [0.25, 0.3) is 0 Å². The highest BCUT2D eigenvalue weighted by Crippen LogP contribution is 2.33. The third-order valence-electron chi connectivity index (χ3n) is 4.55. The van der Waals surface area contributed by atoms with Gasteiger partial charge in [-0.1, -0.05) is 33.1 Å². The molecule has 1 aliphatic carbocycles. The zero-order chi connectivity index (χ0) is 17.5. The van der Waals surface area contributed by atoms with E-state index in [9.17, 15) is 4.39 Å². The lowest BCUT2D eigenvalue weighted by atomic mass is 9.89. The van der Waals surface area contributed by atoms with E-state index in [1.54, 1.807) is 12.1 Å². The summed E-state index contributed by atoms with van der Waals surface area (Å²) in [5.41, 5.74) is 0.939. The molecule has 1 saturated carbocycles. The van der Waals surface area contributed by atoms with Crippen molar-refractivity contribution in [3.63, 3.8) is 0 Å². The summed E-state index contributed by atoms with van der Waals surface area (Å²) < 4.78 is 15.2. The lowest BCUT2D eigenvalue weighted by Crippen LogP contribution is -2.21. The Balaban J connectivity index is 0.00000100. The maximum absolute atomic E-state index is 13.1. The van der Waals surface area contributed by atoms with E-state index in [1.165, 1.54) is 44.2 Å². The van der Waals surface area contributed by atoms with Crippen LogP contribution >= 0.6 is 0 Å². The van der Waals surface area contributed by atoms with Gasteiger partial charge in [-0.25, -0.2) is 4.39 Å². The van der Waals surface area contributed by atoms with Crippen molar-refractivity contribution in [1.29, 1.82) is 0 Å². The highest BCUT2D eigenvalue weighted by Gasteiger charge is 2.23. The highest BCUT2D eigenvalue weighted by atomic mass is 19.1. The molecule has 2 aromatic rings. The van der Waals surface area contributed by atoms with Crippen LogP contribution in [0.2, 0.25) is 0 Å². The number of anilines is 2. The van der Waals surface area contributed by atoms with E-state index < -0.39 is 0 Å². The quantitative estimate of drug-likeness (QED) is 0.773. The molecule has 132 valence electrons. The fraction of sp³-hybridized carbons (Fsp3) is 0.579. The largest absolute Gasteiger partial charge is 0.311 e. The van der Waals surface area contributed by atoms with Gasteiger partial charge in [0.25, 0.3) is 0 Å². The number of nitrogens with zero attached hydrogens (tertiary/aromatic N) is 4. The Bertz CT molecular complexity index is 615. The molecule has 5 heteroatoms. The summed E-state index contributed by atoms with van der Waals surface area (Å²) in [5.74, 6) is 2.21. The number of halogens is 1. The Kier molecular flexibility index (Phi) is 6.76. The van der Waals surface area contributed by atoms with Gasteiger partial charge in [-0.15, -0.1) is 10.2 Å². The molecule has 1 fully saturated rings. The molecule has 1 aromatic heterocycles. The molecule has 4 nitrogen and oxygen atoms in total. The minimum absolute atomic E-state index is 0.222. The van der Waals surface area contributed by atoms with Crippen molar-refractivity contribution in [3.8, 4) is 0 Å². The van der Waals surface area contributed by atoms with Crippen molar-refractivity contribution in [1.82, 2.24) is 14.8 Å². The number of aromatic nitrogens is 3. The summed E-state index contributed by atoms with van der Waals surface area (Å²) in [6, 6.07) is 6.54. The minimum atomic E-state index is -0.222. The van der Waals surface area contributed by atoms with Crippen LogP contribution in [0, 0.1) is 5.82 Å². The second-order valence-electron chi connectivity index (χ2n) is 5.97. The van der Waals surface area contributed by atoms with E-state index in [0.717, 1.165) is 24.0 Å². The first-order valence-corrected chi connectivity index (χ1v) is 9.13. The van der Waals surface area contributed by atoms with Crippen molar-refractivity contribution in [2.75, 3.05) is 11.4 Å². The Morgan fingerprint density at radius 1 is 1.08 bits per heavy atom. The second kappa shape index (κ2) is 8.81. The normalized spacial score (nSPS) is 14.9. The standard InChI is InChI=1S/C17H23FN4.C2H6/c1-3-22(15-11-9-14(18)10-12-15)17-20-19-16(21(17)2)13-7-5-4-6-8-13;1-2/h9-13H,3-8H2,1-2H3;1-2H3. The van der Waals surface area contributed by atoms with E-state index in [2.05, 4.69) is 26.6 Å². The van der Waals surface area contributed by atoms with Crippen LogP contribution in [-0.2, 0) is 7.05 Å². The fourth-order valence-electron chi connectivity index (χ4n) is 3.34. The van der Waals surface area contributed by atoms with Crippen LogP contribution in [-0.4, -0.2) is 21.3 Å². The zero-order valence-corrected chi connectivity index (χ0v) is 15.3. The topological polar surface area (TPSA) is 34.0 Å². The molecule has 0 spiro atoms. The van der Waals surface area contributed by atoms with Crippen LogP contribution in [0.4, 0.5) is 16.0 Å². The fourth-order valence-corrected chi connectivity index (χ4v) is 3.34. The molecule has 1 aliphatic rings. The molecule has 0 saturated heterocycles. The lowest BCUT2D eigenvalue weighted by molar-refractivity contribution is 0.420. The molecule has 1 aromatic carbocycles. The van der Waals surface area contributed by atoms with Crippen LogP contribution in [0.15, 0.2) is 24.3 Å². The minimum Gasteiger partial charge on any atom is -0.311 e. The summed E-state index contributed by atoms with van der Waals surface area (Å²) in [5, 5.41) is 8.85. The molecule has 1 heterocycles. The van der Waals surface area contributed by atoms with Crippen molar-refractivity contribution >= 4 is 11.6 Å². The van der Waals surface area contributed by atoms with E-state index >= 15 is 0 Å². The predicted molar refractivity (Wildman–Crippen MR) is 97.3 cm³/mol. The maximum atomic E-state index is 13.1. The smallest absolute Gasteiger partial charge is 0.231 e. The third-order valence-corrected chi connectivity index (χ3v) is 4.55. The van der Waals surface area contributed by atoms with Gasteiger partial charge in [-0.3, -0.25) is 4.57 Å². The molecule has 0 atom stereocenters. The summed E-state index contributed by atoms with van der Waals surface area (Å²) in [6.45, 7) is 6.83. The van der Waals surface area contributed by atoms with Gasteiger partial charge >= 0.3 is 0 Å². The first kappa shape index (κ1) is 18.4. The van der Waals surface area contributed by atoms with Crippen LogP contribution in [0.1, 0.15) is 64.6 Å². The van der Waals surface area contributed by atoms with Gasteiger partial charge in [-0.05, 0) is 44.0 Å². The number of rotatable bonds is 4. The molecule has 0 radical (unpaired) electrons. The average Bonchev–Trinajstić information content (AvgIpc) is 3.01. The molecule has 0 aliphatic heterocycles. The van der Waals surface area contributed by atoms with Gasteiger partial charge in [0.1, 0.15) is 11.6 Å². The Hall–Kier alpha value is -1.91. The molecule has 3 rings (SSSR count). The summed E-state index contributed by atoms with van der Waals surface area (Å²) in [7, 11) is 2.03. The summed E-state index contributed by atoms with van der Waals surface area (Å²) in [6.07, 6.45) is 6.30. The van der Waals surface area contributed by atoms with E-state index in [0.29, 0.717) is 5.92 Å². The lowest BCUT2D eigenvalue weighted by Gasteiger charge is -2.24. The maximum Gasteiger partial charge on any atom is 0.231 e. The van der Waals surface area contributed by atoms with Gasteiger partial charge in [0.2, 0.25) is 5.95 Å².